The fourth-order valence-electron chi connectivity index (χ4n) is 2.68. The highest BCUT2D eigenvalue weighted by atomic mass is 35.5. The Bertz CT molecular complexity index is 803. The number of halogens is 1. The number of rotatable bonds is 2. The largest absolute Gasteiger partial charge is 0.445 e. The predicted octanol–water partition coefficient (Wildman–Crippen LogP) is 3.76. The predicted molar refractivity (Wildman–Crippen MR) is 88.8 cm³/mol. The molecule has 5 heteroatoms. The first kappa shape index (κ1) is 15.6. The Labute approximate surface area is 139 Å². The highest BCUT2D eigenvalue weighted by Crippen LogP contribution is 2.30. The van der Waals surface area contributed by atoms with E-state index in [0.29, 0.717) is 22.7 Å². The van der Waals surface area contributed by atoms with E-state index in [-0.39, 0.29) is 5.91 Å². The molecule has 0 aliphatic carbocycles. The molecule has 2 aromatic rings. The maximum atomic E-state index is 12.7. The van der Waals surface area contributed by atoms with Crippen LogP contribution < -0.4 is 5.32 Å². The van der Waals surface area contributed by atoms with Crippen molar-refractivity contribution in [2.75, 3.05) is 5.32 Å². The SMILES string of the molecule is Cc1cc(Cl)ccc1NC(=O)[C@]1(C)Cc2ccccc2C(=O)O1. The second kappa shape index (κ2) is 5.70. The molecule has 1 aliphatic heterocycles. The van der Waals surface area contributed by atoms with Crippen LogP contribution in [0.3, 0.4) is 0 Å². The van der Waals surface area contributed by atoms with Crippen LogP contribution in [0.5, 0.6) is 0 Å². The molecule has 0 unspecified atom stereocenters. The van der Waals surface area contributed by atoms with E-state index in [9.17, 15) is 9.59 Å². The summed E-state index contributed by atoms with van der Waals surface area (Å²) in [5, 5.41) is 3.43. The third-order valence-corrected chi connectivity index (χ3v) is 4.24. The van der Waals surface area contributed by atoms with Gasteiger partial charge in [0.1, 0.15) is 0 Å². The summed E-state index contributed by atoms with van der Waals surface area (Å²) in [5.74, 6) is -0.830. The molecule has 0 aromatic heterocycles. The van der Waals surface area contributed by atoms with Crippen molar-refractivity contribution in [1.82, 2.24) is 0 Å². The number of carbonyl (C=O) groups is 2. The van der Waals surface area contributed by atoms with Gasteiger partial charge >= 0.3 is 5.97 Å². The third-order valence-electron chi connectivity index (χ3n) is 4.00. The van der Waals surface area contributed by atoms with Gasteiger partial charge in [0, 0.05) is 17.1 Å². The Hall–Kier alpha value is -2.33. The molecule has 0 radical (unpaired) electrons. The molecule has 0 saturated heterocycles. The summed E-state index contributed by atoms with van der Waals surface area (Å²) < 4.78 is 5.42. The lowest BCUT2D eigenvalue weighted by atomic mass is 9.89. The Kier molecular flexibility index (Phi) is 3.86. The molecule has 0 fully saturated rings. The minimum atomic E-state index is -1.24. The van der Waals surface area contributed by atoms with Crippen LogP contribution in [0.15, 0.2) is 42.5 Å². The minimum Gasteiger partial charge on any atom is -0.445 e. The maximum absolute atomic E-state index is 12.7. The molecule has 0 saturated carbocycles. The summed E-state index contributed by atoms with van der Waals surface area (Å²) in [6, 6.07) is 12.4. The Morgan fingerprint density at radius 3 is 2.74 bits per heavy atom. The number of hydrogen-bond acceptors (Lipinski definition) is 3. The van der Waals surface area contributed by atoms with Gasteiger partial charge in [0.05, 0.1) is 5.56 Å². The smallest absolute Gasteiger partial charge is 0.339 e. The van der Waals surface area contributed by atoms with Gasteiger partial charge in [-0.05, 0) is 49.2 Å². The second-order valence-electron chi connectivity index (χ2n) is 5.87. The molecule has 1 atom stereocenters. The first-order chi connectivity index (χ1) is 10.9. The van der Waals surface area contributed by atoms with Gasteiger partial charge in [-0.1, -0.05) is 29.8 Å². The van der Waals surface area contributed by atoms with E-state index in [1.807, 2.05) is 19.1 Å². The summed E-state index contributed by atoms with van der Waals surface area (Å²) >= 11 is 5.92. The zero-order valence-corrected chi connectivity index (χ0v) is 13.6. The quantitative estimate of drug-likeness (QED) is 0.853. The van der Waals surface area contributed by atoms with Crippen molar-refractivity contribution in [2.24, 2.45) is 0 Å². The van der Waals surface area contributed by atoms with E-state index in [2.05, 4.69) is 5.32 Å². The lowest BCUT2D eigenvalue weighted by Crippen LogP contribution is -2.49. The van der Waals surface area contributed by atoms with Crippen LogP contribution in [0, 0.1) is 6.92 Å². The molecule has 23 heavy (non-hydrogen) atoms. The minimum absolute atomic E-state index is 0.341. The monoisotopic (exact) mass is 329 g/mol. The number of aryl methyl sites for hydroxylation is 1. The van der Waals surface area contributed by atoms with E-state index in [1.54, 1.807) is 37.3 Å². The Balaban J connectivity index is 1.86. The highest BCUT2D eigenvalue weighted by Gasteiger charge is 2.42. The van der Waals surface area contributed by atoms with Gasteiger partial charge in [0.2, 0.25) is 0 Å². The van der Waals surface area contributed by atoms with E-state index in [0.717, 1.165) is 11.1 Å². The van der Waals surface area contributed by atoms with Gasteiger partial charge in [0.15, 0.2) is 5.60 Å². The fourth-order valence-corrected chi connectivity index (χ4v) is 2.91. The Morgan fingerprint density at radius 1 is 1.26 bits per heavy atom. The fraction of sp³-hybridized carbons (Fsp3) is 0.222. The first-order valence-corrected chi connectivity index (χ1v) is 7.66. The molecule has 2 aromatic carbocycles. The number of nitrogens with one attached hydrogen (secondary N) is 1. The summed E-state index contributed by atoms with van der Waals surface area (Å²) in [7, 11) is 0. The van der Waals surface area contributed by atoms with Crippen LogP contribution in [0.4, 0.5) is 5.69 Å². The summed E-state index contributed by atoms with van der Waals surface area (Å²) in [6.07, 6.45) is 0.341. The van der Waals surface area contributed by atoms with Crippen LogP contribution in [0.25, 0.3) is 0 Å². The van der Waals surface area contributed by atoms with Crippen molar-refractivity contribution < 1.29 is 14.3 Å². The van der Waals surface area contributed by atoms with Crippen molar-refractivity contribution in [3.63, 3.8) is 0 Å². The van der Waals surface area contributed by atoms with Gasteiger partial charge in [-0.3, -0.25) is 4.79 Å². The average Bonchev–Trinajstić information content (AvgIpc) is 2.50. The number of fused-ring (bicyclic) bond motifs is 1. The van der Waals surface area contributed by atoms with E-state index in [4.69, 9.17) is 16.3 Å². The van der Waals surface area contributed by atoms with Crippen LogP contribution >= 0.6 is 11.6 Å². The average molecular weight is 330 g/mol. The zero-order chi connectivity index (χ0) is 16.6. The molecular weight excluding hydrogens is 314 g/mol. The highest BCUT2D eigenvalue weighted by molar-refractivity contribution is 6.30. The van der Waals surface area contributed by atoms with Gasteiger partial charge in [-0.2, -0.15) is 0 Å². The number of benzene rings is 2. The molecule has 0 spiro atoms. The van der Waals surface area contributed by atoms with E-state index < -0.39 is 11.6 Å². The third kappa shape index (κ3) is 2.94. The van der Waals surface area contributed by atoms with Crippen molar-refractivity contribution in [2.45, 2.75) is 25.9 Å². The van der Waals surface area contributed by atoms with Gasteiger partial charge in [-0.25, -0.2) is 4.79 Å². The number of amides is 1. The molecule has 0 bridgehead atoms. The number of hydrogen-bond donors (Lipinski definition) is 1. The molecule has 1 amide bonds. The lowest BCUT2D eigenvalue weighted by Gasteiger charge is -2.33. The normalized spacial score (nSPS) is 19.7. The zero-order valence-electron chi connectivity index (χ0n) is 12.9. The van der Waals surface area contributed by atoms with Crippen LogP contribution in [0.1, 0.15) is 28.4 Å². The second-order valence-corrected chi connectivity index (χ2v) is 6.30. The molecule has 1 aliphatic rings. The molecular formula is C18H16ClNO3. The standard InChI is InChI=1S/C18H16ClNO3/c1-11-9-13(19)7-8-15(11)20-17(22)18(2)10-12-5-3-4-6-14(12)16(21)23-18/h3-9H,10H2,1-2H3,(H,20,22)/t18-/m0/s1. The molecule has 3 rings (SSSR count). The van der Waals surface area contributed by atoms with Crippen molar-refractivity contribution >= 4 is 29.2 Å². The summed E-state index contributed by atoms with van der Waals surface area (Å²) in [5.41, 5.74) is 1.58. The summed E-state index contributed by atoms with van der Waals surface area (Å²) in [6.45, 7) is 3.48. The van der Waals surface area contributed by atoms with Crippen LogP contribution in [0.2, 0.25) is 5.02 Å². The lowest BCUT2D eigenvalue weighted by molar-refractivity contribution is -0.134. The topological polar surface area (TPSA) is 55.4 Å². The number of ether oxygens (including phenoxy) is 1. The Morgan fingerprint density at radius 2 is 2.00 bits per heavy atom. The molecule has 118 valence electrons. The van der Waals surface area contributed by atoms with Crippen molar-refractivity contribution in [1.29, 1.82) is 0 Å². The first-order valence-electron chi connectivity index (χ1n) is 7.28. The number of cyclic esters (lactones) is 1. The molecule has 4 nitrogen and oxygen atoms in total. The van der Waals surface area contributed by atoms with Crippen LogP contribution in [-0.2, 0) is 16.0 Å². The number of esters is 1. The number of anilines is 1. The number of carbonyl (C=O) groups excluding carboxylic acids is 2. The van der Waals surface area contributed by atoms with E-state index >= 15 is 0 Å². The van der Waals surface area contributed by atoms with Crippen LogP contribution in [-0.4, -0.2) is 17.5 Å². The van der Waals surface area contributed by atoms with Gasteiger partial charge < -0.3 is 10.1 Å². The van der Waals surface area contributed by atoms with Gasteiger partial charge in [0.25, 0.3) is 5.91 Å². The molecule has 1 N–H and O–H groups in total. The maximum Gasteiger partial charge on any atom is 0.339 e. The van der Waals surface area contributed by atoms with Gasteiger partial charge in [-0.15, -0.1) is 0 Å². The molecule has 1 heterocycles. The van der Waals surface area contributed by atoms with Crippen molar-refractivity contribution in [3.05, 3.63) is 64.2 Å². The summed E-state index contributed by atoms with van der Waals surface area (Å²) in [4.78, 5) is 24.8. The van der Waals surface area contributed by atoms with E-state index in [1.165, 1.54) is 0 Å². The van der Waals surface area contributed by atoms with Crippen molar-refractivity contribution in [3.8, 4) is 0 Å².